The highest BCUT2D eigenvalue weighted by Crippen LogP contribution is 2.53. The van der Waals surface area contributed by atoms with Crippen LogP contribution in [-0.4, -0.2) is 0 Å². The molecule has 5 rings (SSSR count). The lowest BCUT2D eigenvalue weighted by Crippen LogP contribution is -2.12. The number of nitrogens with zero attached hydrogens (tertiary/aromatic N) is 1. The highest BCUT2D eigenvalue weighted by molar-refractivity contribution is 5.78. The van der Waals surface area contributed by atoms with Crippen LogP contribution in [0.15, 0.2) is 60.7 Å². The van der Waals surface area contributed by atoms with Gasteiger partial charge in [-0.3, -0.25) is 0 Å². The van der Waals surface area contributed by atoms with E-state index >= 15 is 0 Å². The van der Waals surface area contributed by atoms with E-state index in [1.807, 2.05) is 0 Å². The second-order valence-corrected chi connectivity index (χ2v) is 9.90. The molecule has 30 heavy (non-hydrogen) atoms. The van der Waals surface area contributed by atoms with Crippen molar-refractivity contribution >= 4 is 17.1 Å². The van der Waals surface area contributed by atoms with Crippen LogP contribution in [0.4, 0.5) is 17.1 Å². The molecule has 2 aliphatic rings. The van der Waals surface area contributed by atoms with Gasteiger partial charge < -0.3 is 4.90 Å². The summed E-state index contributed by atoms with van der Waals surface area (Å²) in [5.74, 6) is 2.70. The molecule has 2 fully saturated rings. The van der Waals surface area contributed by atoms with Crippen molar-refractivity contribution in [1.82, 2.24) is 0 Å². The first-order chi connectivity index (χ1) is 14.5. The lowest BCUT2D eigenvalue weighted by atomic mass is 9.83. The summed E-state index contributed by atoms with van der Waals surface area (Å²) in [6.45, 7) is 8.76. The van der Waals surface area contributed by atoms with Crippen molar-refractivity contribution in [3.63, 3.8) is 0 Å². The Labute approximate surface area is 181 Å². The van der Waals surface area contributed by atoms with Crippen LogP contribution in [0.5, 0.6) is 0 Å². The zero-order valence-electron chi connectivity index (χ0n) is 18.8. The zero-order valence-corrected chi connectivity index (χ0v) is 18.8. The van der Waals surface area contributed by atoms with Crippen LogP contribution >= 0.6 is 0 Å². The van der Waals surface area contributed by atoms with Gasteiger partial charge in [0.1, 0.15) is 0 Å². The van der Waals surface area contributed by atoms with Crippen LogP contribution in [-0.2, 0) is 0 Å². The van der Waals surface area contributed by atoms with E-state index in [9.17, 15) is 0 Å². The fourth-order valence-electron chi connectivity index (χ4n) is 6.13. The third-order valence-corrected chi connectivity index (χ3v) is 7.25. The first-order valence-electron chi connectivity index (χ1n) is 11.5. The molecule has 3 atom stereocenters. The Bertz CT molecular complexity index is 970. The summed E-state index contributed by atoms with van der Waals surface area (Å²) in [5.41, 5.74) is 10.5. The van der Waals surface area contributed by atoms with Crippen LogP contribution in [0.2, 0.25) is 0 Å². The van der Waals surface area contributed by atoms with Gasteiger partial charge in [0.05, 0.1) is 0 Å². The highest BCUT2D eigenvalue weighted by Gasteiger charge is 2.40. The average molecular weight is 396 g/mol. The van der Waals surface area contributed by atoms with Gasteiger partial charge in [-0.1, -0.05) is 30.7 Å². The fourth-order valence-corrected chi connectivity index (χ4v) is 6.13. The Kier molecular flexibility index (Phi) is 4.93. The van der Waals surface area contributed by atoms with Gasteiger partial charge in [-0.25, -0.2) is 0 Å². The topological polar surface area (TPSA) is 3.24 Å². The van der Waals surface area contributed by atoms with Crippen LogP contribution in [0.3, 0.4) is 0 Å². The molecule has 0 aromatic heterocycles. The lowest BCUT2D eigenvalue weighted by Gasteiger charge is -2.28. The Balaban J connectivity index is 1.56. The van der Waals surface area contributed by atoms with Gasteiger partial charge in [0, 0.05) is 17.1 Å². The van der Waals surface area contributed by atoms with Crippen molar-refractivity contribution in [3.8, 4) is 0 Å². The third kappa shape index (κ3) is 3.67. The maximum absolute atomic E-state index is 2.42. The minimum absolute atomic E-state index is 0.786. The number of hydrogen-bond acceptors (Lipinski definition) is 1. The predicted octanol–water partition coefficient (Wildman–Crippen LogP) is 8.29. The van der Waals surface area contributed by atoms with Gasteiger partial charge in [0.15, 0.2) is 0 Å². The number of fused-ring (bicyclic) bond motifs is 2. The summed E-state index contributed by atoms with van der Waals surface area (Å²) in [6.07, 6.45) is 5.77. The quantitative estimate of drug-likeness (QED) is 0.429. The van der Waals surface area contributed by atoms with E-state index in [-0.39, 0.29) is 0 Å². The SMILES string of the molecule is Cc1cc(C)cc(N(c2ccc(C3CC4CCC3C4)cc2)c2cc(C)cc(C)c2)c1. The van der Waals surface area contributed by atoms with Crippen molar-refractivity contribution in [2.45, 2.75) is 59.3 Å². The molecule has 0 N–H and O–H groups in total. The minimum atomic E-state index is 0.786. The maximum atomic E-state index is 2.42. The van der Waals surface area contributed by atoms with Crippen molar-refractivity contribution in [2.24, 2.45) is 11.8 Å². The molecule has 3 aromatic rings. The van der Waals surface area contributed by atoms with Gasteiger partial charge in [0.25, 0.3) is 0 Å². The molecule has 154 valence electrons. The van der Waals surface area contributed by atoms with Crippen LogP contribution < -0.4 is 4.90 Å². The second-order valence-electron chi connectivity index (χ2n) is 9.90. The van der Waals surface area contributed by atoms with Gasteiger partial charge >= 0.3 is 0 Å². The predicted molar refractivity (Wildman–Crippen MR) is 128 cm³/mol. The number of aryl methyl sites for hydroxylation is 4. The van der Waals surface area contributed by atoms with Crippen molar-refractivity contribution < 1.29 is 0 Å². The molecule has 2 saturated carbocycles. The number of anilines is 3. The normalized spacial score (nSPS) is 22.5. The summed E-state index contributed by atoms with van der Waals surface area (Å²) in [5, 5.41) is 0. The summed E-state index contributed by atoms with van der Waals surface area (Å²) < 4.78 is 0. The molecule has 1 heteroatoms. The highest BCUT2D eigenvalue weighted by atomic mass is 15.1. The Hall–Kier alpha value is -2.54. The smallest absolute Gasteiger partial charge is 0.0466 e. The Morgan fingerprint density at radius 2 is 1.13 bits per heavy atom. The molecule has 0 aliphatic heterocycles. The summed E-state index contributed by atoms with van der Waals surface area (Å²) in [4.78, 5) is 2.42. The molecule has 0 saturated heterocycles. The molecule has 3 unspecified atom stereocenters. The molecule has 1 nitrogen and oxygen atoms in total. The Morgan fingerprint density at radius 1 is 0.600 bits per heavy atom. The molecular weight excluding hydrogens is 362 g/mol. The van der Waals surface area contributed by atoms with Gasteiger partial charge in [0.2, 0.25) is 0 Å². The van der Waals surface area contributed by atoms with Crippen molar-refractivity contribution in [3.05, 3.63) is 88.5 Å². The zero-order chi connectivity index (χ0) is 20.8. The van der Waals surface area contributed by atoms with E-state index in [0.29, 0.717) is 0 Å². The summed E-state index contributed by atoms with van der Waals surface area (Å²) >= 11 is 0. The maximum Gasteiger partial charge on any atom is 0.0466 e. The number of hydrogen-bond donors (Lipinski definition) is 0. The number of benzene rings is 3. The molecule has 3 aromatic carbocycles. The Morgan fingerprint density at radius 3 is 1.57 bits per heavy atom. The summed E-state index contributed by atoms with van der Waals surface area (Å²) in [6, 6.07) is 23.2. The van der Waals surface area contributed by atoms with Gasteiger partial charge in [-0.05, 0) is 129 Å². The monoisotopic (exact) mass is 395 g/mol. The largest absolute Gasteiger partial charge is 0.310 e. The van der Waals surface area contributed by atoms with Crippen molar-refractivity contribution in [1.29, 1.82) is 0 Å². The van der Waals surface area contributed by atoms with E-state index in [1.54, 1.807) is 5.56 Å². The van der Waals surface area contributed by atoms with E-state index in [0.717, 1.165) is 17.8 Å². The lowest BCUT2D eigenvalue weighted by molar-refractivity contribution is 0.420. The molecular formula is C29H33N. The molecule has 2 bridgehead atoms. The summed E-state index contributed by atoms with van der Waals surface area (Å²) in [7, 11) is 0. The van der Waals surface area contributed by atoms with Gasteiger partial charge in [-0.15, -0.1) is 0 Å². The minimum Gasteiger partial charge on any atom is -0.310 e. The van der Waals surface area contributed by atoms with E-state index in [1.165, 1.54) is 65.0 Å². The van der Waals surface area contributed by atoms with Crippen LogP contribution in [0, 0.1) is 39.5 Å². The molecule has 0 spiro atoms. The second kappa shape index (κ2) is 7.61. The van der Waals surface area contributed by atoms with Gasteiger partial charge in [-0.2, -0.15) is 0 Å². The van der Waals surface area contributed by atoms with Crippen LogP contribution in [0.1, 0.15) is 59.4 Å². The first kappa shape index (κ1) is 19.4. The fraction of sp³-hybridized carbons (Fsp3) is 0.379. The number of rotatable bonds is 4. The molecule has 2 aliphatic carbocycles. The van der Waals surface area contributed by atoms with E-state index in [4.69, 9.17) is 0 Å². The van der Waals surface area contributed by atoms with Crippen LogP contribution in [0.25, 0.3) is 0 Å². The van der Waals surface area contributed by atoms with Crippen molar-refractivity contribution in [2.75, 3.05) is 4.90 Å². The van der Waals surface area contributed by atoms with E-state index in [2.05, 4.69) is 93.3 Å². The first-order valence-corrected chi connectivity index (χ1v) is 11.5. The average Bonchev–Trinajstić information content (AvgIpc) is 3.31. The third-order valence-electron chi connectivity index (χ3n) is 7.25. The standard InChI is InChI=1S/C29H33N/c1-19-11-20(2)14-27(13-19)30(28-15-21(3)12-22(4)16-28)26-9-7-24(8-10-26)29-18-23-5-6-25(29)17-23/h7-16,23,25,29H,5-6,17-18H2,1-4H3. The van der Waals surface area contributed by atoms with E-state index < -0.39 is 0 Å². The molecule has 0 heterocycles. The molecule has 0 amide bonds. The molecule has 0 radical (unpaired) electrons.